The van der Waals surface area contributed by atoms with Crippen LogP contribution in [0.3, 0.4) is 0 Å². The third-order valence-corrected chi connectivity index (χ3v) is 3.14. The number of hydrogen-bond acceptors (Lipinski definition) is 7. The van der Waals surface area contributed by atoms with Gasteiger partial charge in [-0.15, -0.1) is 10.2 Å². The molecule has 1 aromatic rings. The van der Waals surface area contributed by atoms with Crippen LogP contribution in [0.4, 0.5) is 5.95 Å². The summed E-state index contributed by atoms with van der Waals surface area (Å²) in [4.78, 5) is 10.5. The second-order valence-electron chi connectivity index (χ2n) is 3.40. The van der Waals surface area contributed by atoms with Gasteiger partial charge in [-0.25, -0.2) is 0 Å². The number of aromatic nitrogens is 3. The summed E-state index contributed by atoms with van der Waals surface area (Å²) in [7, 11) is 0. The maximum absolute atomic E-state index is 10.5. The lowest BCUT2D eigenvalue weighted by atomic mass is 10.5. The number of nitrogens with two attached hydrogens (primary N) is 1. The number of nitrogens with zero attached hydrogens (tertiary/aromatic N) is 4. The molecule has 0 radical (unpaired) electrons. The van der Waals surface area contributed by atoms with E-state index in [1.165, 1.54) is 0 Å². The monoisotopic (exact) mass is 259 g/mol. The van der Waals surface area contributed by atoms with Crippen molar-refractivity contribution in [2.75, 3.05) is 42.8 Å². The number of carboxylic acid groups (broad SMARTS) is 1. The molecule has 1 saturated heterocycles. The normalized spacial score (nSPS) is 16.1. The zero-order valence-electron chi connectivity index (χ0n) is 9.07. The fourth-order valence-corrected chi connectivity index (χ4v) is 2.20. The summed E-state index contributed by atoms with van der Waals surface area (Å²) in [5, 5.41) is 18.7. The molecule has 1 aliphatic rings. The highest BCUT2D eigenvalue weighted by molar-refractivity contribution is 7.99. The number of aliphatic carboxylic acids is 1. The number of rotatable bonds is 4. The molecular formula is C8H13N5O3S. The maximum Gasteiger partial charge on any atom is 0.313 e. The summed E-state index contributed by atoms with van der Waals surface area (Å²) in [5.41, 5.74) is 5.72. The molecule has 0 bridgehead atoms. The lowest BCUT2D eigenvalue weighted by molar-refractivity contribution is -0.133. The minimum Gasteiger partial charge on any atom is -0.481 e. The number of thioether (sulfide) groups is 1. The van der Waals surface area contributed by atoms with Gasteiger partial charge in [0.1, 0.15) is 0 Å². The van der Waals surface area contributed by atoms with E-state index in [-0.39, 0.29) is 11.7 Å². The SMILES string of the molecule is Nc1nnc(SCC(=O)O)n1N1CCOCC1. The van der Waals surface area contributed by atoms with Crippen molar-refractivity contribution in [1.82, 2.24) is 14.9 Å². The molecule has 0 atom stereocenters. The van der Waals surface area contributed by atoms with Crippen LogP contribution in [0, 0.1) is 0 Å². The molecule has 0 spiro atoms. The van der Waals surface area contributed by atoms with Gasteiger partial charge in [-0.2, -0.15) is 4.68 Å². The van der Waals surface area contributed by atoms with Crippen molar-refractivity contribution in [2.45, 2.75) is 5.16 Å². The van der Waals surface area contributed by atoms with Crippen molar-refractivity contribution in [3.8, 4) is 0 Å². The Morgan fingerprint density at radius 3 is 2.82 bits per heavy atom. The van der Waals surface area contributed by atoms with Gasteiger partial charge in [0.05, 0.1) is 32.1 Å². The number of ether oxygens (including phenoxy) is 1. The molecule has 3 N–H and O–H groups in total. The standard InChI is InChI=1S/C8H13N5O3S/c9-7-10-11-8(17-5-6(14)15)13(7)12-1-3-16-4-2-12/h1-5H2,(H2,9,10)(H,14,15). The van der Waals surface area contributed by atoms with E-state index < -0.39 is 5.97 Å². The van der Waals surface area contributed by atoms with E-state index in [9.17, 15) is 4.79 Å². The predicted molar refractivity (Wildman–Crippen MR) is 61.6 cm³/mol. The largest absolute Gasteiger partial charge is 0.481 e. The van der Waals surface area contributed by atoms with Crippen LogP contribution in [0.25, 0.3) is 0 Å². The van der Waals surface area contributed by atoms with Crippen LogP contribution in [0.15, 0.2) is 5.16 Å². The molecule has 2 heterocycles. The maximum atomic E-state index is 10.5. The summed E-state index contributed by atoms with van der Waals surface area (Å²) in [6, 6.07) is 0. The topological polar surface area (TPSA) is 106 Å². The lowest BCUT2D eigenvalue weighted by Gasteiger charge is -2.30. The Hall–Kier alpha value is -1.48. The van der Waals surface area contributed by atoms with Gasteiger partial charge in [0.2, 0.25) is 11.1 Å². The molecule has 1 aliphatic heterocycles. The molecule has 0 unspecified atom stereocenters. The minimum atomic E-state index is -0.898. The van der Waals surface area contributed by atoms with Crippen LogP contribution < -0.4 is 10.7 Å². The first-order valence-corrected chi connectivity index (χ1v) is 6.05. The first-order valence-electron chi connectivity index (χ1n) is 5.07. The summed E-state index contributed by atoms with van der Waals surface area (Å²) < 4.78 is 6.89. The molecular weight excluding hydrogens is 246 g/mol. The van der Waals surface area contributed by atoms with Gasteiger partial charge >= 0.3 is 5.97 Å². The lowest BCUT2D eigenvalue weighted by Crippen LogP contribution is -2.44. The van der Waals surface area contributed by atoms with Gasteiger partial charge in [-0.1, -0.05) is 11.8 Å². The van der Waals surface area contributed by atoms with Gasteiger partial charge in [0.25, 0.3) is 0 Å². The smallest absolute Gasteiger partial charge is 0.313 e. The Morgan fingerprint density at radius 1 is 1.47 bits per heavy atom. The zero-order chi connectivity index (χ0) is 12.3. The molecule has 1 aromatic heterocycles. The Kier molecular flexibility index (Phi) is 3.69. The minimum absolute atomic E-state index is 0.0670. The molecule has 0 amide bonds. The van der Waals surface area contributed by atoms with Crippen molar-refractivity contribution in [2.24, 2.45) is 0 Å². The predicted octanol–water partition coefficient (Wildman–Crippen LogP) is -0.995. The summed E-state index contributed by atoms with van der Waals surface area (Å²) in [6.07, 6.45) is 0. The van der Waals surface area contributed by atoms with Crippen molar-refractivity contribution >= 4 is 23.7 Å². The van der Waals surface area contributed by atoms with Crippen LogP contribution in [-0.4, -0.2) is 58.0 Å². The van der Waals surface area contributed by atoms with E-state index >= 15 is 0 Å². The number of morpholine rings is 1. The van der Waals surface area contributed by atoms with E-state index in [0.717, 1.165) is 11.8 Å². The summed E-state index contributed by atoms with van der Waals surface area (Å²) in [6.45, 7) is 2.59. The van der Waals surface area contributed by atoms with Crippen LogP contribution in [-0.2, 0) is 9.53 Å². The van der Waals surface area contributed by atoms with E-state index in [1.807, 2.05) is 5.01 Å². The van der Waals surface area contributed by atoms with Gasteiger partial charge in [0.15, 0.2) is 0 Å². The highest BCUT2D eigenvalue weighted by atomic mass is 32.2. The zero-order valence-corrected chi connectivity index (χ0v) is 9.89. The van der Waals surface area contributed by atoms with Gasteiger partial charge in [-0.05, 0) is 0 Å². The quantitative estimate of drug-likeness (QED) is 0.663. The van der Waals surface area contributed by atoms with Crippen LogP contribution in [0.2, 0.25) is 0 Å². The average molecular weight is 259 g/mol. The Labute approximate surface area is 102 Å². The third kappa shape index (κ3) is 2.80. The van der Waals surface area contributed by atoms with Crippen LogP contribution in [0.1, 0.15) is 0 Å². The van der Waals surface area contributed by atoms with Crippen molar-refractivity contribution in [3.05, 3.63) is 0 Å². The highest BCUT2D eigenvalue weighted by Crippen LogP contribution is 2.18. The Balaban J connectivity index is 2.13. The number of anilines is 1. The highest BCUT2D eigenvalue weighted by Gasteiger charge is 2.19. The number of carboxylic acids is 1. The van der Waals surface area contributed by atoms with Gasteiger partial charge in [-0.3, -0.25) is 4.79 Å². The fraction of sp³-hybridized carbons (Fsp3) is 0.625. The summed E-state index contributed by atoms with van der Waals surface area (Å²) >= 11 is 1.10. The van der Waals surface area contributed by atoms with Crippen molar-refractivity contribution < 1.29 is 14.6 Å². The fourth-order valence-electron chi connectivity index (χ4n) is 1.51. The van der Waals surface area contributed by atoms with Gasteiger partial charge in [0, 0.05) is 0 Å². The van der Waals surface area contributed by atoms with Crippen LogP contribution >= 0.6 is 11.8 Å². The number of nitrogen functional groups attached to an aromatic ring is 1. The molecule has 94 valence electrons. The molecule has 0 aromatic carbocycles. The second kappa shape index (κ2) is 5.23. The van der Waals surface area contributed by atoms with E-state index in [4.69, 9.17) is 15.6 Å². The average Bonchev–Trinajstić information content (AvgIpc) is 2.69. The first-order chi connectivity index (χ1) is 8.18. The van der Waals surface area contributed by atoms with E-state index in [1.54, 1.807) is 4.68 Å². The second-order valence-corrected chi connectivity index (χ2v) is 4.34. The summed E-state index contributed by atoms with van der Waals surface area (Å²) in [5.74, 6) is -0.701. The van der Waals surface area contributed by atoms with E-state index in [2.05, 4.69) is 10.2 Å². The first kappa shape index (κ1) is 12.0. The van der Waals surface area contributed by atoms with Crippen molar-refractivity contribution in [3.63, 3.8) is 0 Å². The molecule has 0 aliphatic carbocycles. The molecule has 1 fully saturated rings. The van der Waals surface area contributed by atoms with E-state index in [0.29, 0.717) is 31.5 Å². The molecule has 2 rings (SSSR count). The van der Waals surface area contributed by atoms with Crippen molar-refractivity contribution in [1.29, 1.82) is 0 Å². The Bertz CT molecular complexity index is 404. The van der Waals surface area contributed by atoms with Crippen LogP contribution in [0.5, 0.6) is 0 Å². The number of hydrogen-bond donors (Lipinski definition) is 2. The molecule has 9 heteroatoms. The van der Waals surface area contributed by atoms with Gasteiger partial charge < -0.3 is 20.6 Å². The Morgan fingerprint density at radius 2 is 2.18 bits per heavy atom. The molecule has 17 heavy (non-hydrogen) atoms. The molecule has 8 nitrogen and oxygen atoms in total. The third-order valence-electron chi connectivity index (χ3n) is 2.23. The molecule has 0 saturated carbocycles. The number of carbonyl (C=O) groups is 1.